The zero-order valence-electron chi connectivity index (χ0n) is 12.7. The molecule has 0 aliphatic carbocycles. The maximum absolute atomic E-state index is 6.31. The molecule has 3 atom stereocenters. The van der Waals surface area contributed by atoms with Gasteiger partial charge in [-0.2, -0.15) is 0 Å². The average Bonchev–Trinajstić information content (AvgIpc) is 2.39. The highest BCUT2D eigenvalue weighted by Gasteiger charge is 2.21. The number of hydrogen-bond acceptors (Lipinski definition) is 1. The molecular weight excluding hydrogens is 217 g/mol. The van der Waals surface area contributed by atoms with Gasteiger partial charge in [0.05, 0.1) is 7.85 Å². The molecule has 0 saturated heterocycles. The fourth-order valence-electron chi connectivity index (χ4n) is 2.69. The number of allylic oxidation sites excluding steroid dienone is 2. The van der Waals surface area contributed by atoms with Crippen molar-refractivity contribution in [2.45, 2.75) is 71.5 Å². The zero-order valence-corrected chi connectivity index (χ0v) is 12.7. The molecule has 2 heteroatoms. The average molecular weight is 249 g/mol. The summed E-state index contributed by atoms with van der Waals surface area (Å²) >= 11 is 0. The molecule has 0 aromatic carbocycles. The van der Waals surface area contributed by atoms with Crippen LogP contribution >= 0.6 is 0 Å². The van der Waals surface area contributed by atoms with Crippen molar-refractivity contribution in [1.82, 2.24) is 0 Å². The van der Waals surface area contributed by atoms with Gasteiger partial charge >= 0.3 is 0 Å². The lowest BCUT2D eigenvalue weighted by Gasteiger charge is -2.29. The molecule has 2 radical (unpaired) electrons. The third-order valence-corrected chi connectivity index (χ3v) is 4.00. The van der Waals surface area contributed by atoms with Crippen molar-refractivity contribution < 1.29 is 0 Å². The van der Waals surface area contributed by atoms with Crippen molar-refractivity contribution in [2.75, 3.05) is 6.54 Å². The maximum Gasteiger partial charge on any atom is 0.0707 e. The van der Waals surface area contributed by atoms with Crippen LogP contribution in [-0.4, -0.2) is 14.4 Å². The second-order valence-electron chi connectivity index (χ2n) is 5.34. The van der Waals surface area contributed by atoms with Gasteiger partial charge in [0.1, 0.15) is 0 Å². The summed E-state index contributed by atoms with van der Waals surface area (Å²) in [4.78, 5) is 0. The number of rotatable bonds is 11. The van der Waals surface area contributed by atoms with Crippen LogP contribution in [0.25, 0.3) is 0 Å². The third kappa shape index (κ3) is 7.26. The maximum atomic E-state index is 6.31. The first kappa shape index (κ1) is 17.8. The Bertz CT molecular complexity index is 199. The third-order valence-electron chi connectivity index (χ3n) is 4.00. The molecule has 104 valence electrons. The van der Waals surface area contributed by atoms with Crippen molar-refractivity contribution in [3.05, 3.63) is 12.2 Å². The lowest BCUT2D eigenvalue weighted by Crippen LogP contribution is -2.26. The van der Waals surface area contributed by atoms with E-state index < -0.39 is 0 Å². The summed E-state index contributed by atoms with van der Waals surface area (Å²) in [5.41, 5.74) is 5.83. The molecule has 0 rings (SSSR count). The van der Waals surface area contributed by atoms with E-state index >= 15 is 0 Å². The Morgan fingerprint density at radius 3 is 2.28 bits per heavy atom. The van der Waals surface area contributed by atoms with Gasteiger partial charge in [-0.3, -0.25) is 0 Å². The van der Waals surface area contributed by atoms with E-state index in [1.54, 1.807) is 0 Å². The molecule has 0 bridgehead atoms. The zero-order chi connectivity index (χ0) is 13.8. The SMILES string of the molecule is [B]C(C/C=C/CCCCC)C(CC)C(CC)CN. The Morgan fingerprint density at radius 2 is 1.78 bits per heavy atom. The number of hydrogen-bond donors (Lipinski definition) is 1. The smallest absolute Gasteiger partial charge is 0.0707 e. The van der Waals surface area contributed by atoms with Crippen LogP contribution in [0.15, 0.2) is 12.2 Å². The summed E-state index contributed by atoms with van der Waals surface area (Å²) in [5, 5.41) is 0. The standard InChI is InChI=1S/C16H32BN/c1-4-7-8-9-10-11-12-16(17)15(6-3)14(5-2)13-18/h10-11,14-16H,4-9,12-13,18H2,1-3H3/b11-10+. The summed E-state index contributed by atoms with van der Waals surface area (Å²) < 4.78 is 0. The van der Waals surface area contributed by atoms with Crippen LogP contribution in [0.1, 0.15) is 65.7 Å². The van der Waals surface area contributed by atoms with Crippen molar-refractivity contribution in [3.63, 3.8) is 0 Å². The van der Waals surface area contributed by atoms with E-state index in [1.165, 1.54) is 25.7 Å². The summed E-state index contributed by atoms with van der Waals surface area (Å²) in [6.07, 6.45) is 13.0. The quantitative estimate of drug-likeness (QED) is 0.326. The summed E-state index contributed by atoms with van der Waals surface area (Å²) in [6, 6.07) is 0. The lowest BCUT2D eigenvalue weighted by molar-refractivity contribution is 0.304. The Hall–Kier alpha value is -0.235. The van der Waals surface area contributed by atoms with Crippen LogP contribution in [0, 0.1) is 11.8 Å². The molecule has 0 aromatic heterocycles. The highest BCUT2D eigenvalue weighted by atomic mass is 14.6. The first-order valence-corrected chi connectivity index (χ1v) is 7.81. The topological polar surface area (TPSA) is 26.0 Å². The minimum absolute atomic E-state index is 0.269. The summed E-state index contributed by atoms with van der Waals surface area (Å²) in [7, 11) is 6.31. The second-order valence-corrected chi connectivity index (χ2v) is 5.34. The van der Waals surface area contributed by atoms with Gasteiger partial charge in [-0.05, 0) is 37.6 Å². The van der Waals surface area contributed by atoms with Crippen LogP contribution in [0.5, 0.6) is 0 Å². The van der Waals surface area contributed by atoms with Gasteiger partial charge in [-0.1, -0.05) is 64.4 Å². The van der Waals surface area contributed by atoms with Gasteiger partial charge in [0.25, 0.3) is 0 Å². The van der Waals surface area contributed by atoms with E-state index in [1.807, 2.05) is 0 Å². The highest BCUT2D eigenvalue weighted by Crippen LogP contribution is 2.31. The van der Waals surface area contributed by atoms with Crippen molar-refractivity contribution in [1.29, 1.82) is 0 Å². The van der Waals surface area contributed by atoms with Gasteiger partial charge in [-0.25, -0.2) is 0 Å². The molecule has 0 spiro atoms. The lowest BCUT2D eigenvalue weighted by atomic mass is 9.67. The Morgan fingerprint density at radius 1 is 1.06 bits per heavy atom. The van der Waals surface area contributed by atoms with Crippen LogP contribution in [0.4, 0.5) is 0 Å². The molecule has 2 N–H and O–H groups in total. The molecule has 0 aliphatic rings. The minimum atomic E-state index is 0.269. The molecule has 1 nitrogen and oxygen atoms in total. The van der Waals surface area contributed by atoms with E-state index in [2.05, 4.69) is 32.9 Å². The van der Waals surface area contributed by atoms with Crippen LogP contribution in [0.3, 0.4) is 0 Å². The largest absolute Gasteiger partial charge is 0.330 e. The molecule has 0 fully saturated rings. The number of nitrogens with two attached hydrogens (primary N) is 1. The fraction of sp³-hybridized carbons (Fsp3) is 0.875. The molecule has 0 heterocycles. The van der Waals surface area contributed by atoms with E-state index in [4.69, 9.17) is 13.6 Å². The van der Waals surface area contributed by atoms with Gasteiger partial charge in [-0.15, -0.1) is 0 Å². The van der Waals surface area contributed by atoms with Crippen molar-refractivity contribution >= 4 is 7.85 Å². The summed E-state index contributed by atoms with van der Waals surface area (Å²) in [6.45, 7) is 7.45. The van der Waals surface area contributed by atoms with E-state index in [-0.39, 0.29) is 5.82 Å². The van der Waals surface area contributed by atoms with Gasteiger partial charge in [0, 0.05) is 0 Å². The first-order valence-electron chi connectivity index (χ1n) is 7.81. The molecule has 18 heavy (non-hydrogen) atoms. The first-order chi connectivity index (χ1) is 8.71. The Kier molecular flexibility index (Phi) is 11.7. The van der Waals surface area contributed by atoms with E-state index in [0.717, 1.165) is 25.8 Å². The van der Waals surface area contributed by atoms with Gasteiger partial charge < -0.3 is 5.73 Å². The summed E-state index contributed by atoms with van der Waals surface area (Å²) in [5.74, 6) is 1.42. The van der Waals surface area contributed by atoms with Gasteiger partial charge in [0.2, 0.25) is 0 Å². The highest BCUT2D eigenvalue weighted by molar-refractivity contribution is 6.11. The molecular formula is C16H32BN. The number of unbranched alkanes of at least 4 members (excludes halogenated alkanes) is 3. The minimum Gasteiger partial charge on any atom is -0.330 e. The Labute approximate surface area is 116 Å². The van der Waals surface area contributed by atoms with Crippen LogP contribution in [0.2, 0.25) is 5.82 Å². The molecule has 3 unspecified atom stereocenters. The van der Waals surface area contributed by atoms with Crippen LogP contribution < -0.4 is 5.73 Å². The van der Waals surface area contributed by atoms with Crippen LogP contribution in [-0.2, 0) is 0 Å². The monoisotopic (exact) mass is 249 g/mol. The van der Waals surface area contributed by atoms with Gasteiger partial charge in [0.15, 0.2) is 0 Å². The van der Waals surface area contributed by atoms with E-state index in [0.29, 0.717) is 11.8 Å². The normalized spacial score (nSPS) is 16.9. The predicted molar refractivity (Wildman–Crippen MR) is 84.0 cm³/mol. The molecule has 0 amide bonds. The molecule has 0 aromatic rings. The second kappa shape index (κ2) is 11.8. The predicted octanol–water partition coefficient (Wildman–Crippen LogP) is 4.48. The Balaban J connectivity index is 3.99. The van der Waals surface area contributed by atoms with Crippen molar-refractivity contribution in [3.8, 4) is 0 Å². The fourth-order valence-corrected chi connectivity index (χ4v) is 2.69. The molecule has 0 saturated carbocycles. The van der Waals surface area contributed by atoms with E-state index in [9.17, 15) is 0 Å². The molecule has 0 aliphatic heterocycles. The van der Waals surface area contributed by atoms with Crippen molar-refractivity contribution in [2.24, 2.45) is 17.6 Å².